The van der Waals surface area contributed by atoms with Crippen LogP contribution in [0.5, 0.6) is 0 Å². The van der Waals surface area contributed by atoms with Crippen LogP contribution in [0.15, 0.2) is 46.1 Å². The highest BCUT2D eigenvalue weighted by Gasteiger charge is 2.20. The largest absolute Gasteiger partial charge is 0.284 e. The lowest BCUT2D eigenvalue weighted by atomic mass is 10.2. The van der Waals surface area contributed by atoms with Crippen molar-refractivity contribution in [1.29, 1.82) is 0 Å². The number of nitrogens with zero attached hydrogens (tertiary/aromatic N) is 1. The maximum absolute atomic E-state index is 12.6. The van der Waals surface area contributed by atoms with Gasteiger partial charge in [0.25, 0.3) is 15.6 Å². The second kappa shape index (κ2) is 6.74. The van der Waals surface area contributed by atoms with Gasteiger partial charge in [0.2, 0.25) is 0 Å². The van der Waals surface area contributed by atoms with Gasteiger partial charge >= 0.3 is 0 Å². The third-order valence-corrected chi connectivity index (χ3v) is 6.03. The maximum Gasteiger partial charge on any atom is 0.272 e. The molecule has 0 unspecified atom stereocenters. The summed E-state index contributed by atoms with van der Waals surface area (Å²) in [5.41, 5.74) is 0.712. The molecular formula is C16H15Cl2N3O3S. The maximum atomic E-state index is 12.6. The van der Waals surface area contributed by atoms with Crippen LogP contribution >= 0.6 is 23.2 Å². The van der Waals surface area contributed by atoms with E-state index in [1.165, 1.54) is 24.3 Å². The molecule has 6 nitrogen and oxygen atoms in total. The molecule has 3 aromatic rings. The number of rotatable bonds is 5. The summed E-state index contributed by atoms with van der Waals surface area (Å²) in [6.45, 7) is 2.67. The van der Waals surface area contributed by atoms with Crippen LogP contribution in [0.1, 0.15) is 13.3 Å². The van der Waals surface area contributed by atoms with Crippen LogP contribution in [-0.4, -0.2) is 18.2 Å². The molecule has 9 heteroatoms. The highest BCUT2D eigenvalue weighted by molar-refractivity contribution is 7.92. The minimum absolute atomic E-state index is 0.0512. The molecule has 0 radical (unpaired) electrons. The van der Waals surface area contributed by atoms with Crippen molar-refractivity contribution >= 4 is 49.8 Å². The SMILES string of the molecule is CCCn1[nH]c(=O)c2cc(NS(=O)(=O)c3cccc(Cl)c3Cl)ccc21. The van der Waals surface area contributed by atoms with E-state index in [-0.39, 0.29) is 26.2 Å². The van der Waals surface area contributed by atoms with Gasteiger partial charge in [0, 0.05) is 12.2 Å². The summed E-state index contributed by atoms with van der Waals surface area (Å²) < 4.78 is 29.3. The van der Waals surface area contributed by atoms with Crippen molar-refractivity contribution in [3.63, 3.8) is 0 Å². The summed E-state index contributed by atoms with van der Waals surface area (Å²) in [5.74, 6) is 0. The van der Waals surface area contributed by atoms with E-state index in [1.807, 2.05) is 6.92 Å². The Morgan fingerprint density at radius 1 is 1.20 bits per heavy atom. The lowest BCUT2D eigenvalue weighted by Crippen LogP contribution is -2.13. The molecule has 0 saturated carbocycles. The van der Waals surface area contributed by atoms with E-state index in [1.54, 1.807) is 16.8 Å². The highest BCUT2D eigenvalue weighted by atomic mass is 35.5. The van der Waals surface area contributed by atoms with Crippen LogP contribution in [-0.2, 0) is 16.6 Å². The number of aromatic nitrogens is 2. The summed E-state index contributed by atoms with van der Waals surface area (Å²) in [6, 6.07) is 9.15. The molecule has 1 aromatic heterocycles. The number of anilines is 1. The van der Waals surface area contributed by atoms with E-state index < -0.39 is 10.0 Å². The van der Waals surface area contributed by atoms with Crippen molar-refractivity contribution in [3.05, 3.63) is 56.8 Å². The van der Waals surface area contributed by atoms with Crippen molar-refractivity contribution in [2.24, 2.45) is 0 Å². The Morgan fingerprint density at radius 2 is 1.96 bits per heavy atom. The van der Waals surface area contributed by atoms with Crippen LogP contribution in [0.4, 0.5) is 5.69 Å². The number of halogens is 2. The number of sulfonamides is 1. The van der Waals surface area contributed by atoms with Gasteiger partial charge in [-0.1, -0.05) is 36.2 Å². The van der Waals surface area contributed by atoms with Crippen molar-refractivity contribution in [1.82, 2.24) is 9.78 Å². The smallest absolute Gasteiger partial charge is 0.272 e. The first kappa shape index (κ1) is 17.8. The van der Waals surface area contributed by atoms with Crippen LogP contribution in [0, 0.1) is 0 Å². The van der Waals surface area contributed by atoms with Gasteiger partial charge in [-0.3, -0.25) is 19.3 Å². The van der Waals surface area contributed by atoms with Gasteiger partial charge in [-0.05, 0) is 36.8 Å². The summed E-state index contributed by atoms with van der Waals surface area (Å²) in [6.07, 6.45) is 0.862. The molecule has 2 N–H and O–H groups in total. The van der Waals surface area contributed by atoms with Crippen LogP contribution < -0.4 is 10.3 Å². The van der Waals surface area contributed by atoms with Crippen molar-refractivity contribution in [2.75, 3.05) is 4.72 Å². The average molecular weight is 400 g/mol. The number of hydrogen-bond donors (Lipinski definition) is 2. The minimum Gasteiger partial charge on any atom is -0.284 e. The number of benzene rings is 2. The van der Waals surface area contributed by atoms with Gasteiger partial charge < -0.3 is 0 Å². The van der Waals surface area contributed by atoms with E-state index >= 15 is 0 Å². The number of nitrogens with one attached hydrogen (secondary N) is 2. The molecule has 0 fully saturated rings. The molecule has 0 bridgehead atoms. The number of aryl methyl sites for hydroxylation is 1. The zero-order chi connectivity index (χ0) is 18.2. The number of fused-ring (bicyclic) bond motifs is 1. The first-order chi connectivity index (χ1) is 11.8. The number of H-pyrrole nitrogens is 1. The zero-order valence-electron chi connectivity index (χ0n) is 13.2. The Labute approximate surface area is 154 Å². The Bertz CT molecular complexity index is 1100. The van der Waals surface area contributed by atoms with Gasteiger partial charge in [-0.15, -0.1) is 0 Å². The molecule has 1 heterocycles. The Kier molecular flexibility index (Phi) is 4.81. The molecular weight excluding hydrogens is 385 g/mol. The lowest BCUT2D eigenvalue weighted by Gasteiger charge is -2.10. The van der Waals surface area contributed by atoms with Crippen LogP contribution in [0.2, 0.25) is 10.0 Å². The molecule has 0 aliphatic rings. The monoisotopic (exact) mass is 399 g/mol. The molecule has 0 amide bonds. The number of hydrogen-bond acceptors (Lipinski definition) is 3. The minimum atomic E-state index is -3.94. The second-order valence-electron chi connectivity index (χ2n) is 5.48. The molecule has 0 spiro atoms. The Morgan fingerprint density at radius 3 is 2.68 bits per heavy atom. The highest BCUT2D eigenvalue weighted by Crippen LogP contribution is 2.30. The van der Waals surface area contributed by atoms with Crippen molar-refractivity contribution < 1.29 is 8.42 Å². The van der Waals surface area contributed by atoms with Gasteiger partial charge in [0.15, 0.2) is 0 Å². The van der Waals surface area contributed by atoms with Crippen LogP contribution in [0.3, 0.4) is 0 Å². The fourth-order valence-electron chi connectivity index (χ4n) is 2.56. The Balaban J connectivity index is 2.01. The van der Waals surface area contributed by atoms with E-state index in [2.05, 4.69) is 9.82 Å². The first-order valence-corrected chi connectivity index (χ1v) is 9.77. The summed E-state index contributed by atoms with van der Waals surface area (Å²) in [7, 11) is -3.94. The summed E-state index contributed by atoms with van der Waals surface area (Å²) in [4.78, 5) is 11.9. The fourth-order valence-corrected chi connectivity index (χ4v) is 4.37. The topological polar surface area (TPSA) is 84.0 Å². The van der Waals surface area contributed by atoms with Gasteiger partial charge in [-0.25, -0.2) is 8.42 Å². The van der Waals surface area contributed by atoms with E-state index in [0.29, 0.717) is 11.9 Å². The normalized spacial score (nSPS) is 11.8. The van der Waals surface area contributed by atoms with E-state index in [9.17, 15) is 13.2 Å². The molecule has 0 saturated heterocycles. The second-order valence-corrected chi connectivity index (χ2v) is 7.92. The van der Waals surface area contributed by atoms with E-state index in [4.69, 9.17) is 23.2 Å². The van der Waals surface area contributed by atoms with Gasteiger partial charge in [0.1, 0.15) is 4.90 Å². The molecule has 0 atom stereocenters. The third kappa shape index (κ3) is 3.40. The standard InChI is InChI=1S/C16H15Cl2N3O3S/c1-2-8-21-13-7-6-10(9-11(13)16(22)19-21)20-25(23,24)14-5-3-4-12(17)15(14)18/h3-7,9,20H,2,8H2,1H3,(H,19,22). The third-order valence-electron chi connectivity index (χ3n) is 3.67. The quantitative estimate of drug-likeness (QED) is 0.683. The van der Waals surface area contributed by atoms with Crippen molar-refractivity contribution in [2.45, 2.75) is 24.8 Å². The van der Waals surface area contributed by atoms with Gasteiger partial charge in [-0.2, -0.15) is 0 Å². The average Bonchev–Trinajstić information content (AvgIpc) is 2.86. The molecule has 25 heavy (non-hydrogen) atoms. The molecule has 3 rings (SSSR count). The van der Waals surface area contributed by atoms with Gasteiger partial charge in [0.05, 0.1) is 20.9 Å². The molecule has 132 valence electrons. The Hall–Kier alpha value is -1.96. The summed E-state index contributed by atoms with van der Waals surface area (Å²) in [5, 5.41) is 3.24. The first-order valence-electron chi connectivity index (χ1n) is 7.53. The molecule has 0 aliphatic heterocycles. The van der Waals surface area contributed by atoms with Crippen LogP contribution in [0.25, 0.3) is 10.9 Å². The predicted octanol–water partition coefficient (Wildman–Crippen LogP) is 3.85. The van der Waals surface area contributed by atoms with Crippen molar-refractivity contribution in [3.8, 4) is 0 Å². The van der Waals surface area contributed by atoms with E-state index in [0.717, 1.165) is 11.9 Å². The number of aromatic amines is 1. The summed E-state index contributed by atoms with van der Waals surface area (Å²) >= 11 is 11.9. The molecule has 2 aromatic carbocycles. The lowest BCUT2D eigenvalue weighted by molar-refractivity contribution is 0.601. The predicted molar refractivity (Wildman–Crippen MR) is 100 cm³/mol. The molecule has 0 aliphatic carbocycles. The zero-order valence-corrected chi connectivity index (χ0v) is 15.5. The fraction of sp³-hybridized carbons (Fsp3) is 0.188.